The van der Waals surface area contributed by atoms with Crippen LogP contribution in [-0.4, -0.2) is 65.3 Å². The van der Waals surface area contributed by atoms with Crippen molar-refractivity contribution in [2.45, 2.75) is 83.2 Å². The molecule has 0 unspecified atom stereocenters. The predicted molar refractivity (Wildman–Crippen MR) is 272 cm³/mol. The normalized spacial score (nSPS) is 15.6. The standard InChI is InChI=1S/C49H50N4O7S5/c1-3-5-30-62-37-22-17-33(18-23-37)14-13-32-15-20-36(21-16-32)51-28-25-35-31-34(19-24-38(35)51)10-9-11-39-44(58)52(29-26-41(56)57)48(63-39)42-45(59)50(4-2)47(64-42)43-46(60)53(49(61)65-43)27-8-6-7-12-40(54)55/h9-11,13-24,31H,3-8,12,25-30H2,1-2H3,(H,54,55)(H,56,57)/b10-9?,14-13?,39-11?,47-43+,48-42+. The fourth-order valence-electron chi connectivity index (χ4n) is 7.56. The second-order valence-electron chi connectivity index (χ2n) is 15.5. The van der Waals surface area contributed by atoms with Crippen molar-refractivity contribution >= 4 is 121 Å². The number of thiocarbonyl (C=S) groups is 1. The quantitative estimate of drug-likeness (QED) is 0.0355. The Balaban J connectivity index is 1.11. The highest BCUT2D eigenvalue weighted by Gasteiger charge is 2.34. The number of aliphatic carboxylic acids is 2. The summed E-state index contributed by atoms with van der Waals surface area (Å²) in [4.78, 5) is 69.4. The van der Waals surface area contributed by atoms with Crippen LogP contribution in [-0.2, 0) is 33.9 Å². The highest BCUT2D eigenvalue weighted by atomic mass is 32.2. The van der Waals surface area contributed by atoms with Gasteiger partial charge in [-0.15, -0.1) is 34.4 Å². The number of rotatable bonds is 19. The zero-order valence-electron chi connectivity index (χ0n) is 36.2. The molecule has 2 N–H and O–H groups in total. The molecule has 0 saturated carbocycles. The summed E-state index contributed by atoms with van der Waals surface area (Å²) in [5, 5.41) is 18.5. The number of carbonyl (C=O) groups excluding carboxylic acids is 1. The van der Waals surface area contributed by atoms with Gasteiger partial charge in [0.05, 0.1) is 11.0 Å². The third-order valence-electron chi connectivity index (χ3n) is 11.0. The number of nitrogens with zero attached hydrogens (tertiary/aromatic N) is 4. The minimum atomic E-state index is -1.08. The van der Waals surface area contributed by atoms with Crippen LogP contribution in [0.5, 0.6) is 0 Å². The van der Waals surface area contributed by atoms with Gasteiger partial charge in [-0.25, -0.2) is 0 Å². The van der Waals surface area contributed by atoms with E-state index in [1.165, 1.54) is 42.9 Å². The molecule has 2 aliphatic rings. The molecule has 1 fully saturated rings. The summed E-state index contributed by atoms with van der Waals surface area (Å²) in [5.74, 6) is -1.12. The van der Waals surface area contributed by atoms with Crippen LogP contribution in [0.3, 0.4) is 0 Å². The molecule has 1 amide bonds. The van der Waals surface area contributed by atoms with Crippen molar-refractivity contribution in [3.8, 4) is 0 Å². The van der Waals surface area contributed by atoms with E-state index in [0.29, 0.717) is 48.9 Å². The van der Waals surface area contributed by atoms with Crippen LogP contribution >= 0.6 is 58.4 Å². The molecule has 0 bridgehead atoms. The number of hydrogen-bond donors (Lipinski definition) is 2. The first-order chi connectivity index (χ1) is 31.4. The van der Waals surface area contributed by atoms with Crippen molar-refractivity contribution in [2.75, 3.05) is 23.7 Å². The van der Waals surface area contributed by atoms with Crippen LogP contribution in [0.1, 0.15) is 81.0 Å². The number of fused-ring (bicyclic) bond motifs is 1. The lowest BCUT2D eigenvalue weighted by Gasteiger charge is -2.20. The van der Waals surface area contributed by atoms with Crippen molar-refractivity contribution in [1.29, 1.82) is 0 Å². The molecule has 0 atom stereocenters. The van der Waals surface area contributed by atoms with E-state index in [2.05, 4.69) is 84.6 Å². The Morgan fingerprint density at radius 2 is 1.48 bits per heavy atom. The van der Waals surface area contributed by atoms with Gasteiger partial charge in [0.15, 0.2) is 0 Å². The second-order valence-corrected chi connectivity index (χ2v) is 20.4. The van der Waals surface area contributed by atoms with Crippen molar-refractivity contribution in [3.05, 3.63) is 134 Å². The zero-order chi connectivity index (χ0) is 46.0. The SMILES string of the molecule is CCCCSc1ccc(C=Cc2ccc(N3CCc4cc(C=CC=c5s/c(=c6/s/c(=C7/SC(=S)N(CCCCCC(=O)O)C7=O)n(CC)c6=O)n(CCC(=O)O)c5=O)ccc43)cc2)cc1. The number of carbonyl (C=O) groups is 3. The van der Waals surface area contributed by atoms with E-state index in [0.717, 1.165) is 75.7 Å². The lowest BCUT2D eigenvalue weighted by atomic mass is 10.1. The summed E-state index contributed by atoms with van der Waals surface area (Å²) in [6.07, 6.45) is 14.5. The predicted octanol–water partition coefficient (Wildman–Crippen LogP) is 8.78. The minimum Gasteiger partial charge on any atom is -0.481 e. The smallest absolute Gasteiger partial charge is 0.305 e. The number of thioether (sulfide) groups is 2. The number of carboxylic acids is 2. The number of aromatic nitrogens is 2. The molecule has 2 aliphatic heterocycles. The van der Waals surface area contributed by atoms with Crippen LogP contribution in [0.4, 0.5) is 11.4 Å². The number of thiazole rings is 2. The highest BCUT2D eigenvalue weighted by Crippen LogP contribution is 2.36. The van der Waals surface area contributed by atoms with Crippen molar-refractivity contribution in [1.82, 2.24) is 14.0 Å². The summed E-state index contributed by atoms with van der Waals surface area (Å²) in [5.41, 5.74) is 5.99. The van der Waals surface area contributed by atoms with Gasteiger partial charge in [0, 0.05) is 48.9 Å². The van der Waals surface area contributed by atoms with Crippen molar-refractivity contribution < 1.29 is 24.6 Å². The van der Waals surface area contributed by atoms with E-state index >= 15 is 0 Å². The summed E-state index contributed by atoms with van der Waals surface area (Å²) in [6.45, 7) is 5.33. The van der Waals surface area contributed by atoms with Gasteiger partial charge in [-0.3, -0.25) is 38.0 Å². The average molecular weight is 967 g/mol. The molecule has 0 radical (unpaired) electrons. The van der Waals surface area contributed by atoms with E-state index in [1.54, 1.807) is 19.1 Å². The summed E-state index contributed by atoms with van der Waals surface area (Å²) in [6, 6.07) is 23.6. The Kier molecular flexibility index (Phi) is 16.4. The van der Waals surface area contributed by atoms with Gasteiger partial charge >= 0.3 is 11.9 Å². The Morgan fingerprint density at radius 1 is 0.769 bits per heavy atom. The first kappa shape index (κ1) is 47.7. The molecular weight excluding hydrogens is 917 g/mol. The van der Waals surface area contributed by atoms with E-state index in [9.17, 15) is 29.1 Å². The first-order valence-corrected chi connectivity index (χ1v) is 25.5. The van der Waals surface area contributed by atoms with E-state index in [1.807, 2.05) is 23.9 Å². The number of unbranched alkanes of at least 4 members (excludes halogenated alkanes) is 3. The number of anilines is 2. The van der Waals surface area contributed by atoms with E-state index < -0.39 is 17.5 Å². The van der Waals surface area contributed by atoms with Crippen molar-refractivity contribution in [3.63, 3.8) is 0 Å². The topological polar surface area (TPSA) is 142 Å². The van der Waals surface area contributed by atoms with Crippen molar-refractivity contribution in [2.24, 2.45) is 0 Å². The lowest BCUT2D eigenvalue weighted by Crippen LogP contribution is -2.32. The molecule has 338 valence electrons. The van der Waals surface area contributed by atoms with Gasteiger partial charge in [-0.05, 0) is 103 Å². The minimum absolute atomic E-state index is 0.0560. The molecule has 3 aromatic carbocycles. The molecule has 4 heterocycles. The Morgan fingerprint density at radius 3 is 2.17 bits per heavy atom. The van der Waals surface area contributed by atoms with Crippen LogP contribution in [0.2, 0.25) is 0 Å². The summed E-state index contributed by atoms with van der Waals surface area (Å²) < 4.78 is 4.53. The lowest BCUT2D eigenvalue weighted by molar-refractivity contribution is -0.138. The third kappa shape index (κ3) is 11.6. The molecule has 1 saturated heterocycles. The number of benzene rings is 3. The molecule has 7 rings (SSSR count). The van der Waals surface area contributed by atoms with Gasteiger partial charge < -0.3 is 15.1 Å². The average Bonchev–Trinajstić information content (AvgIpc) is 4.03. The van der Waals surface area contributed by atoms with E-state index in [4.69, 9.17) is 17.3 Å². The monoisotopic (exact) mass is 966 g/mol. The van der Waals surface area contributed by atoms with Gasteiger partial charge in [0.1, 0.15) is 23.1 Å². The molecule has 2 aromatic heterocycles. The molecule has 65 heavy (non-hydrogen) atoms. The van der Waals surface area contributed by atoms with Gasteiger partial charge in [-0.1, -0.05) is 98.4 Å². The molecule has 0 spiro atoms. The van der Waals surface area contributed by atoms with Crippen LogP contribution in [0.15, 0.2) is 87.3 Å². The second kappa shape index (κ2) is 22.3. The summed E-state index contributed by atoms with van der Waals surface area (Å²) in [7, 11) is 0. The maximum atomic E-state index is 14.0. The maximum absolute atomic E-state index is 14.0. The van der Waals surface area contributed by atoms with Crippen LogP contribution in [0.25, 0.3) is 29.2 Å². The van der Waals surface area contributed by atoms with Gasteiger partial charge in [0.25, 0.3) is 17.0 Å². The maximum Gasteiger partial charge on any atom is 0.305 e. The molecule has 11 nitrogen and oxygen atoms in total. The largest absolute Gasteiger partial charge is 0.481 e. The molecule has 0 aliphatic carbocycles. The molecule has 16 heteroatoms. The molecular formula is C49H50N4O7S5. The van der Waals surface area contributed by atoms with Gasteiger partial charge in [-0.2, -0.15) is 0 Å². The summed E-state index contributed by atoms with van der Waals surface area (Å²) >= 11 is 10.8. The number of carboxylic acid groups (broad SMARTS) is 2. The Bertz CT molecular complexity index is 3000. The third-order valence-corrected chi connectivity index (χ3v) is 16.2. The Labute approximate surface area is 398 Å². The zero-order valence-corrected chi connectivity index (χ0v) is 40.3. The first-order valence-electron chi connectivity index (χ1n) is 21.7. The number of hydrogen-bond acceptors (Lipinski definition) is 11. The fraction of sp³-hybridized carbons (Fsp3) is 0.306. The number of amides is 1. The Hall–Kier alpha value is -5.26. The van der Waals surface area contributed by atoms with Crippen LogP contribution < -0.4 is 25.2 Å². The van der Waals surface area contributed by atoms with Crippen LogP contribution in [0, 0.1) is 9.20 Å². The molecule has 5 aromatic rings. The highest BCUT2D eigenvalue weighted by molar-refractivity contribution is 8.30. The van der Waals surface area contributed by atoms with Gasteiger partial charge in [0.2, 0.25) is 0 Å². The van der Waals surface area contributed by atoms with E-state index in [-0.39, 0.29) is 41.9 Å². The fourth-order valence-corrected chi connectivity index (χ4v) is 12.4. The number of allylic oxidation sites excluding steroid dienone is 1.